The Morgan fingerprint density at radius 1 is 0.818 bits per heavy atom. The zero-order valence-electron chi connectivity index (χ0n) is 13.3. The molecular formula is C18H22O4. The van der Waals surface area contributed by atoms with Crippen molar-refractivity contribution in [3.8, 4) is 23.0 Å². The molecule has 4 nitrogen and oxygen atoms in total. The fourth-order valence-electron chi connectivity index (χ4n) is 2.42. The molecule has 1 N–H and O–H groups in total. The molecule has 0 spiro atoms. The van der Waals surface area contributed by atoms with Crippen LogP contribution in [0, 0.1) is 0 Å². The van der Waals surface area contributed by atoms with Crippen LogP contribution in [0.3, 0.4) is 0 Å². The largest absolute Gasteiger partial charge is 0.507 e. The second kappa shape index (κ2) is 7.59. The molecule has 118 valence electrons. The quantitative estimate of drug-likeness (QED) is 0.849. The van der Waals surface area contributed by atoms with Crippen molar-refractivity contribution >= 4 is 0 Å². The number of hydrogen-bond donors (Lipinski definition) is 1. The van der Waals surface area contributed by atoms with E-state index in [9.17, 15) is 5.11 Å². The van der Waals surface area contributed by atoms with E-state index in [0.717, 1.165) is 30.6 Å². The van der Waals surface area contributed by atoms with Crippen molar-refractivity contribution in [1.82, 2.24) is 0 Å². The van der Waals surface area contributed by atoms with Crippen molar-refractivity contribution in [2.45, 2.75) is 19.3 Å². The predicted octanol–water partition coefficient (Wildman–Crippen LogP) is 3.59. The predicted molar refractivity (Wildman–Crippen MR) is 86.2 cm³/mol. The van der Waals surface area contributed by atoms with Crippen LogP contribution in [0.15, 0.2) is 36.4 Å². The lowest BCUT2D eigenvalue weighted by Crippen LogP contribution is -1.96. The summed E-state index contributed by atoms with van der Waals surface area (Å²) in [6.07, 6.45) is 2.59. The lowest BCUT2D eigenvalue weighted by Gasteiger charge is -2.12. The van der Waals surface area contributed by atoms with Gasteiger partial charge in [0.1, 0.15) is 23.0 Å². The minimum absolute atomic E-state index is 0.214. The zero-order chi connectivity index (χ0) is 15.9. The summed E-state index contributed by atoms with van der Waals surface area (Å²) in [5.74, 6) is 2.32. The number of phenols is 1. The van der Waals surface area contributed by atoms with E-state index < -0.39 is 0 Å². The Labute approximate surface area is 131 Å². The van der Waals surface area contributed by atoms with Gasteiger partial charge in [-0.2, -0.15) is 0 Å². The Balaban J connectivity index is 2.01. The van der Waals surface area contributed by atoms with Crippen molar-refractivity contribution in [1.29, 1.82) is 0 Å². The summed E-state index contributed by atoms with van der Waals surface area (Å²) in [5.41, 5.74) is 2.06. The SMILES string of the molecule is COc1ccc(CCCc2c(O)cc(OC)cc2OC)cc1. The van der Waals surface area contributed by atoms with Crippen LogP contribution in [-0.2, 0) is 12.8 Å². The first kappa shape index (κ1) is 16.0. The van der Waals surface area contributed by atoms with Gasteiger partial charge in [-0.25, -0.2) is 0 Å². The summed E-state index contributed by atoms with van der Waals surface area (Å²) in [6, 6.07) is 11.4. The van der Waals surface area contributed by atoms with E-state index in [0.29, 0.717) is 11.5 Å². The van der Waals surface area contributed by atoms with Gasteiger partial charge in [0.2, 0.25) is 0 Å². The van der Waals surface area contributed by atoms with E-state index in [1.807, 2.05) is 12.1 Å². The van der Waals surface area contributed by atoms with Gasteiger partial charge in [-0.15, -0.1) is 0 Å². The molecule has 2 aromatic rings. The van der Waals surface area contributed by atoms with Crippen molar-refractivity contribution in [2.75, 3.05) is 21.3 Å². The van der Waals surface area contributed by atoms with Crippen LogP contribution in [0.25, 0.3) is 0 Å². The van der Waals surface area contributed by atoms with E-state index in [1.54, 1.807) is 33.5 Å². The molecular weight excluding hydrogens is 280 g/mol. The number of hydrogen-bond acceptors (Lipinski definition) is 4. The highest BCUT2D eigenvalue weighted by molar-refractivity contribution is 5.50. The maximum atomic E-state index is 10.1. The maximum Gasteiger partial charge on any atom is 0.129 e. The molecule has 2 rings (SSSR count). The average Bonchev–Trinajstić information content (AvgIpc) is 2.56. The number of phenolic OH excluding ortho intramolecular Hbond substituents is 1. The lowest BCUT2D eigenvalue weighted by molar-refractivity contribution is 0.379. The van der Waals surface area contributed by atoms with Crippen LogP contribution in [0.2, 0.25) is 0 Å². The van der Waals surface area contributed by atoms with Crippen molar-refractivity contribution in [2.24, 2.45) is 0 Å². The molecule has 0 aliphatic rings. The second-order valence-electron chi connectivity index (χ2n) is 5.03. The minimum atomic E-state index is 0.214. The zero-order valence-corrected chi connectivity index (χ0v) is 13.3. The van der Waals surface area contributed by atoms with E-state index >= 15 is 0 Å². The first-order chi connectivity index (χ1) is 10.7. The highest BCUT2D eigenvalue weighted by atomic mass is 16.5. The number of ether oxygens (including phenoxy) is 3. The normalized spacial score (nSPS) is 10.3. The molecule has 4 heteroatoms. The molecule has 0 aliphatic heterocycles. The van der Waals surface area contributed by atoms with Gasteiger partial charge in [-0.05, 0) is 37.0 Å². The summed E-state index contributed by atoms with van der Waals surface area (Å²) in [5, 5.41) is 10.1. The van der Waals surface area contributed by atoms with E-state index in [2.05, 4.69) is 12.1 Å². The molecule has 0 fully saturated rings. The molecule has 0 amide bonds. The van der Waals surface area contributed by atoms with Crippen LogP contribution < -0.4 is 14.2 Å². The van der Waals surface area contributed by atoms with Crippen LogP contribution in [-0.4, -0.2) is 26.4 Å². The molecule has 0 unspecified atom stereocenters. The third kappa shape index (κ3) is 3.85. The number of benzene rings is 2. The molecule has 0 saturated heterocycles. The molecule has 0 aromatic heterocycles. The van der Waals surface area contributed by atoms with Crippen LogP contribution in [0.4, 0.5) is 0 Å². The number of aryl methyl sites for hydroxylation is 1. The van der Waals surface area contributed by atoms with Crippen LogP contribution in [0.5, 0.6) is 23.0 Å². The third-order valence-corrected chi connectivity index (χ3v) is 3.67. The van der Waals surface area contributed by atoms with Gasteiger partial charge in [-0.3, -0.25) is 0 Å². The van der Waals surface area contributed by atoms with Gasteiger partial charge < -0.3 is 19.3 Å². The van der Waals surface area contributed by atoms with Crippen molar-refractivity contribution in [3.63, 3.8) is 0 Å². The van der Waals surface area contributed by atoms with Crippen LogP contribution >= 0.6 is 0 Å². The number of rotatable bonds is 7. The van der Waals surface area contributed by atoms with Gasteiger partial charge in [0.05, 0.1) is 21.3 Å². The summed E-state index contributed by atoms with van der Waals surface area (Å²) in [4.78, 5) is 0. The Morgan fingerprint density at radius 2 is 1.50 bits per heavy atom. The molecule has 0 radical (unpaired) electrons. The van der Waals surface area contributed by atoms with Gasteiger partial charge in [-0.1, -0.05) is 12.1 Å². The summed E-state index contributed by atoms with van der Waals surface area (Å²) >= 11 is 0. The first-order valence-electron chi connectivity index (χ1n) is 7.24. The van der Waals surface area contributed by atoms with Gasteiger partial charge in [0.15, 0.2) is 0 Å². The van der Waals surface area contributed by atoms with Gasteiger partial charge in [0.25, 0.3) is 0 Å². The van der Waals surface area contributed by atoms with Gasteiger partial charge >= 0.3 is 0 Å². The molecule has 0 atom stereocenters. The van der Waals surface area contributed by atoms with E-state index in [1.165, 1.54) is 5.56 Å². The van der Waals surface area contributed by atoms with Crippen molar-refractivity contribution in [3.05, 3.63) is 47.5 Å². The summed E-state index contributed by atoms with van der Waals surface area (Å²) < 4.78 is 15.6. The Morgan fingerprint density at radius 3 is 2.09 bits per heavy atom. The number of methoxy groups -OCH3 is 3. The molecule has 0 heterocycles. The first-order valence-corrected chi connectivity index (χ1v) is 7.24. The van der Waals surface area contributed by atoms with Crippen LogP contribution in [0.1, 0.15) is 17.5 Å². The van der Waals surface area contributed by atoms with Crippen molar-refractivity contribution < 1.29 is 19.3 Å². The molecule has 22 heavy (non-hydrogen) atoms. The van der Waals surface area contributed by atoms with E-state index in [-0.39, 0.29) is 5.75 Å². The number of aromatic hydroxyl groups is 1. The van der Waals surface area contributed by atoms with E-state index in [4.69, 9.17) is 14.2 Å². The van der Waals surface area contributed by atoms with Gasteiger partial charge in [0, 0.05) is 17.7 Å². The smallest absolute Gasteiger partial charge is 0.129 e. The fourth-order valence-corrected chi connectivity index (χ4v) is 2.42. The third-order valence-electron chi connectivity index (χ3n) is 3.67. The highest BCUT2D eigenvalue weighted by Crippen LogP contribution is 2.34. The lowest BCUT2D eigenvalue weighted by atomic mass is 10.0. The molecule has 0 saturated carbocycles. The minimum Gasteiger partial charge on any atom is -0.507 e. The topological polar surface area (TPSA) is 47.9 Å². The summed E-state index contributed by atoms with van der Waals surface area (Å²) in [7, 11) is 4.83. The average molecular weight is 302 g/mol. The maximum absolute atomic E-state index is 10.1. The standard InChI is InChI=1S/C18H22O4/c1-20-14-9-7-13(8-10-14)5-4-6-16-17(19)11-15(21-2)12-18(16)22-3/h7-12,19H,4-6H2,1-3H3. The molecule has 0 aliphatic carbocycles. The molecule has 0 bridgehead atoms. The highest BCUT2D eigenvalue weighted by Gasteiger charge is 2.11. The molecule has 2 aromatic carbocycles. The Kier molecular flexibility index (Phi) is 5.53. The fraction of sp³-hybridized carbons (Fsp3) is 0.333. The Bertz CT molecular complexity index is 605. The monoisotopic (exact) mass is 302 g/mol. The Hall–Kier alpha value is -2.36. The second-order valence-corrected chi connectivity index (χ2v) is 5.03. The summed E-state index contributed by atoms with van der Waals surface area (Å²) in [6.45, 7) is 0.